The van der Waals surface area contributed by atoms with Crippen LogP contribution in [0.25, 0.3) is 11.4 Å². The third kappa shape index (κ3) is 5.62. The van der Waals surface area contributed by atoms with Gasteiger partial charge in [-0.25, -0.2) is 0 Å². The highest BCUT2D eigenvalue weighted by atomic mass is 32.2. The molecule has 0 fully saturated rings. The van der Waals surface area contributed by atoms with Gasteiger partial charge in [-0.3, -0.25) is 9.59 Å². The number of nitrogens with zero attached hydrogens (tertiary/aromatic N) is 3. The number of thioether (sulfide) groups is 1. The molecule has 172 valence electrons. The van der Waals surface area contributed by atoms with Gasteiger partial charge in [-0.2, -0.15) is 0 Å². The van der Waals surface area contributed by atoms with Gasteiger partial charge in [0.05, 0.1) is 12.9 Å². The second-order valence-corrected chi connectivity index (χ2v) is 8.27. The van der Waals surface area contributed by atoms with E-state index >= 15 is 0 Å². The van der Waals surface area contributed by atoms with Crippen LogP contribution in [-0.4, -0.2) is 39.4 Å². The lowest BCUT2D eigenvalue weighted by atomic mass is 10.1. The number of hydrogen-bond acceptors (Lipinski definition) is 6. The number of methoxy groups -OCH3 is 1. The summed E-state index contributed by atoms with van der Waals surface area (Å²) < 4.78 is 6.96. The zero-order chi connectivity index (χ0) is 23.9. The van der Waals surface area contributed by atoms with Crippen molar-refractivity contribution in [2.24, 2.45) is 7.05 Å². The monoisotopic (exact) mass is 473 g/mol. The third-order valence-electron chi connectivity index (χ3n) is 4.98. The summed E-state index contributed by atoms with van der Waals surface area (Å²) in [6.45, 7) is 0. The first-order valence-corrected chi connectivity index (χ1v) is 11.4. The lowest BCUT2D eigenvalue weighted by molar-refractivity contribution is -0.113. The summed E-state index contributed by atoms with van der Waals surface area (Å²) in [5.74, 6) is 1.28. The third-order valence-corrected chi connectivity index (χ3v) is 6.00. The van der Waals surface area contributed by atoms with E-state index in [0.717, 1.165) is 11.3 Å². The molecule has 2 N–H and O–H groups in total. The van der Waals surface area contributed by atoms with E-state index in [1.165, 1.54) is 11.8 Å². The first-order valence-electron chi connectivity index (χ1n) is 10.5. The Bertz CT molecular complexity index is 1270. The number of amides is 2. The standard InChI is InChI=1S/C25H23N5O3S/c1-30-23(17-8-10-20(11-9-17)27-24(32)18-6-4-3-5-7-18)28-29-25(30)34-16-22(31)26-19-12-14-21(33-2)15-13-19/h3-15H,16H2,1-2H3,(H,26,31)(H,27,32). The fourth-order valence-electron chi connectivity index (χ4n) is 3.19. The molecule has 2 amide bonds. The highest BCUT2D eigenvalue weighted by molar-refractivity contribution is 7.99. The second-order valence-electron chi connectivity index (χ2n) is 7.33. The molecule has 0 bridgehead atoms. The number of carbonyl (C=O) groups excluding carboxylic acids is 2. The molecule has 0 radical (unpaired) electrons. The van der Waals surface area contributed by atoms with Gasteiger partial charge < -0.3 is 19.9 Å². The van der Waals surface area contributed by atoms with Gasteiger partial charge in [0, 0.05) is 29.5 Å². The Labute approximate surface area is 201 Å². The molecule has 34 heavy (non-hydrogen) atoms. The van der Waals surface area contributed by atoms with Crippen molar-refractivity contribution in [1.82, 2.24) is 14.8 Å². The van der Waals surface area contributed by atoms with Crippen LogP contribution in [0.1, 0.15) is 10.4 Å². The number of hydrogen-bond donors (Lipinski definition) is 2. The minimum atomic E-state index is -0.168. The van der Waals surface area contributed by atoms with Crippen LogP contribution in [0.4, 0.5) is 11.4 Å². The summed E-state index contributed by atoms with van der Waals surface area (Å²) in [6.07, 6.45) is 0. The minimum absolute atomic E-state index is 0.141. The summed E-state index contributed by atoms with van der Waals surface area (Å²) in [5.41, 5.74) is 2.83. The van der Waals surface area contributed by atoms with Crippen molar-refractivity contribution in [2.45, 2.75) is 5.16 Å². The summed E-state index contributed by atoms with van der Waals surface area (Å²) in [4.78, 5) is 24.6. The highest BCUT2D eigenvalue weighted by Gasteiger charge is 2.14. The molecule has 0 aliphatic carbocycles. The van der Waals surface area contributed by atoms with Crippen LogP contribution in [0.2, 0.25) is 0 Å². The fourth-order valence-corrected chi connectivity index (χ4v) is 3.90. The van der Waals surface area contributed by atoms with Crippen LogP contribution in [0.15, 0.2) is 84.0 Å². The number of anilines is 2. The second kappa shape index (κ2) is 10.7. The fraction of sp³-hybridized carbons (Fsp3) is 0.120. The van der Waals surface area contributed by atoms with Crippen LogP contribution in [0, 0.1) is 0 Å². The van der Waals surface area contributed by atoms with Gasteiger partial charge in [-0.15, -0.1) is 10.2 Å². The average Bonchev–Trinajstić information content (AvgIpc) is 3.24. The Morgan fingerprint density at radius 1 is 0.882 bits per heavy atom. The first-order chi connectivity index (χ1) is 16.5. The SMILES string of the molecule is COc1ccc(NC(=O)CSc2nnc(-c3ccc(NC(=O)c4ccccc4)cc3)n2C)cc1. The largest absolute Gasteiger partial charge is 0.497 e. The maximum absolute atomic E-state index is 12.3. The number of benzene rings is 3. The molecular weight excluding hydrogens is 450 g/mol. The van der Waals surface area contributed by atoms with E-state index < -0.39 is 0 Å². The van der Waals surface area contributed by atoms with Crippen LogP contribution in [-0.2, 0) is 11.8 Å². The molecule has 0 atom stereocenters. The molecule has 1 aromatic heterocycles. The lowest BCUT2D eigenvalue weighted by Gasteiger charge is -2.08. The summed E-state index contributed by atoms with van der Waals surface area (Å²) in [6, 6.07) is 23.6. The average molecular weight is 474 g/mol. The Morgan fingerprint density at radius 2 is 1.53 bits per heavy atom. The van der Waals surface area contributed by atoms with Crippen molar-refractivity contribution < 1.29 is 14.3 Å². The van der Waals surface area contributed by atoms with Gasteiger partial charge >= 0.3 is 0 Å². The van der Waals surface area contributed by atoms with E-state index in [1.54, 1.807) is 43.5 Å². The maximum Gasteiger partial charge on any atom is 0.255 e. The normalized spacial score (nSPS) is 10.5. The van der Waals surface area contributed by atoms with Crippen LogP contribution < -0.4 is 15.4 Å². The first kappa shape index (κ1) is 23.1. The predicted molar refractivity (Wildman–Crippen MR) is 133 cm³/mol. The Hall–Kier alpha value is -4.11. The van der Waals surface area contributed by atoms with Gasteiger partial charge in [-0.1, -0.05) is 30.0 Å². The maximum atomic E-state index is 12.3. The molecule has 0 spiro atoms. The van der Waals surface area contributed by atoms with Crippen LogP contribution in [0.3, 0.4) is 0 Å². The van der Waals surface area contributed by atoms with Gasteiger partial charge in [-0.05, 0) is 60.7 Å². The molecule has 3 aromatic carbocycles. The van der Waals surface area contributed by atoms with Crippen LogP contribution in [0.5, 0.6) is 5.75 Å². The molecule has 9 heteroatoms. The van der Waals surface area contributed by atoms with Crippen molar-refractivity contribution in [3.63, 3.8) is 0 Å². The zero-order valence-corrected chi connectivity index (χ0v) is 19.5. The Balaban J connectivity index is 1.35. The van der Waals surface area contributed by atoms with Gasteiger partial charge in [0.2, 0.25) is 5.91 Å². The van der Waals surface area contributed by atoms with Crippen LogP contribution >= 0.6 is 11.8 Å². The van der Waals surface area contributed by atoms with Gasteiger partial charge in [0.25, 0.3) is 5.91 Å². The topological polar surface area (TPSA) is 98.1 Å². The summed E-state index contributed by atoms with van der Waals surface area (Å²) in [5, 5.41) is 14.8. The number of ether oxygens (including phenoxy) is 1. The van der Waals surface area contributed by atoms with Crippen molar-refractivity contribution >= 4 is 35.0 Å². The molecule has 1 heterocycles. The molecule has 4 rings (SSSR count). The zero-order valence-electron chi connectivity index (χ0n) is 18.7. The molecular formula is C25H23N5O3S. The number of rotatable bonds is 8. The van der Waals surface area contributed by atoms with Crippen molar-refractivity contribution in [3.05, 3.63) is 84.4 Å². The molecule has 0 aliphatic heterocycles. The van der Waals surface area contributed by atoms with Crippen molar-refractivity contribution in [3.8, 4) is 17.1 Å². The van der Waals surface area contributed by atoms with E-state index in [4.69, 9.17) is 4.74 Å². The predicted octanol–water partition coefficient (Wildman–Crippen LogP) is 4.47. The molecule has 4 aromatic rings. The minimum Gasteiger partial charge on any atom is -0.497 e. The Kier molecular flexibility index (Phi) is 7.24. The molecule has 0 aliphatic rings. The summed E-state index contributed by atoms with van der Waals surface area (Å²) in [7, 11) is 3.45. The highest BCUT2D eigenvalue weighted by Crippen LogP contribution is 2.24. The van der Waals surface area contributed by atoms with E-state index in [2.05, 4.69) is 20.8 Å². The number of aromatic nitrogens is 3. The Morgan fingerprint density at radius 3 is 2.21 bits per heavy atom. The summed E-state index contributed by atoms with van der Waals surface area (Å²) >= 11 is 1.30. The van der Waals surface area contributed by atoms with E-state index in [9.17, 15) is 9.59 Å². The van der Waals surface area contributed by atoms with Crippen molar-refractivity contribution in [1.29, 1.82) is 0 Å². The molecule has 8 nitrogen and oxygen atoms in total. The van der Waals surface area contributed by atoms with Gasteiger partial charge in [0.15, 0.2) is 11.0 Å². The van der Waals surface area contributed by atoms with E-state index in [0.29, 0.717) is 27.9 Å². The van der Waals surface area contributed by atoms with Crippen molar-refractivity contribution in [2.75, 3.05) is 23.5 Å². The quantitative estimate of drug-likeness (QED) is 0.366. The number of carbonyl (C=O) groups is 2. The molecule has 0 unspecified atom stereocenters. The smallest absolute Gasteiger partial charge is 0.255 e. The molecule has 0 saturated heterocycles. The van der Waals surface area contributed by atoms with E-state index in [1.807, 2.05) is 54.1 Å². The number of nitrogens with one attached hydrogen (secondary N) is 2. The van der Waals surface area contributed by atoms with Gasteiger partial charge in [0.1, 0.15) is 5.75 Å². The molecule has 0 saturated carbocycles. The van der Waals surface area contributed by atoms with E-state index in [-0.39, 0.29) is 17.6 Å². The lowest BCUT2D eigenvalue weighted by Crippen LogP contribution is -2.14.